The molecule has 0 unspecified atom stereocenters. The molecule has 5 heteroatoms. The van der Waals surface area contributed by atoms with Gasteiger partial charge in [-0.1, -0.05) is 79.9 Å². The third-order valence-corrected chi connectivity index (χ3v) is 7.21. The summed E-state index contributed by atoms with van der Waals surface area (Å²) < 4.78 is 5.35. The number of aliphatic hydroxyl groups excluding tert-OH is 1. The Bertz CT molecular complexity index is 1090. The van der Waals surface area contributed by atoms with E-state index in [-0.39, 0.29) is 6.04 Å². The number of hydrogen-bond donors (Lipinski definition) is 1. The number of rotatable bonds is 9. The molecule has 0 amide bonds. The summed E-state index contributed by atoms with van der Waals surface area (Å²) >= 11 is 6.50. The zero-order valence-electron chi connectivity index (χ0n) is 20.2. The molecule has 0 aromatic heterocycles. The zero-order chi connectivity index (χ0) is 23.9. The highest BCUT2D eigenvalue weighted by molar-refractivity contribution is 6.37. The van der Waals surface area contributed by atoms with Crippen molar-refractivity contribution in [3.63, 3.8) is 0 Å². The van der Waals surface area contributed by atoms with Crippen molar-refractivity contribution in [2.45, 2.75) is 38.3 Å². The number of unbranched alkanes of at least 4 members (excludes halogenated alkanes) is 1. The summed E-state index contributed by atoms with van der Waals surface area (Å²) in [5.74, 6) is 0.669. The molecule has 2 atom stereocenters. The van der Waals surface area contributed by atoms with E-state index in [4.69, 9.17) is 16.3 Å². The van der Waals surface area contributed by atoms with Gasteiger partial charge in [0.15, 0.2) is 0 Å². The molecule has 3 aromatic rings. The molecule has 0 radical (unpaired) electrons. The maximum atomic E-state index is 11.5. The molecule has 0 aliphatic carbocycles. The lowest BCUT2D eigenvalue weighted by molar-refractivity contribution is 0.0208. The lowest BCUT2D eigenvalue weighted by Gasteiger charge is -2.41. The first kappa shape index (κ1) is 24.6. The van der Waals surface area contributed by atoms with Gasteiger partial charge >= 0.3 is 0 Å². The van der Waals surface area contributed by atoms with Crippen LogP contribution in [0.5, 0.6) is 5.75 Å². The van der Waals surface area contributed by atoms with Gasteiger partial charge in [0.1, 0.15) is 5.75 Å². The molecule has 1 N–H and O–H groups in total. The Kier molecular flexibility index (Phi) is 8.49. The molecule has 4 rings (SSSR count). The van der Waals surface area contributed by atoms with Gasteiger partial charge in [0.05, 0.1) is 18.2 Å². The molecule has 180 valence electrons. The van der Waals surface area contributed by atoms with Gasteiger partial charge in [-0.15, -0.1) is 0 Å². The van der Waals surface area contributed by atoms with Crippen LogP contribution in [-0.4, -0.2) is 54.2 Å². The van der Waals surface area contributed by atoms with E-state index in [9.17, 15) is 5.11 Å². The van der Waals surface area contributed by atoms with E-state index in [2.05, 4.69) is 59.3 Å². The van der Waals surface area contributed by atoms with Crippen LogP contribution in [0.4, 0.5) is 0 Å². The molecule has 4 nitrogen and oxygen atoms in total. The Balaban J connectivity index is 1.46. The predicted octanol–water partition coefficient (Wildman–Crippen LogP) is 6.38. The Labute approximate surface area is 208 Å². The predicted molar refractivity (Wildman–Crippen MR) is 142 cm³/mol. The second kappa shape index (κ2) is 11.7. The van der Waals surface area contributed by atoms with Gasteiger partial charge in [-0.05, 0) is 47.3 Å². The average molecular weight is 479 g/mol. The molecule has 1 heterocycles. The monoisotopic (exact) mass is 478 g/mol. The molecule has 3 aromatic carbocycles. The maximum Gasteiger partial charge on any atom is 0.138 e. The Morgan fingerprint density at radius 2 is 1.79 bits per heavy atom. The third-order valence-electron chi connectivity index (χ3n) is 6.82. The molecular weight excluding hydrogens is 444 g/mol. The first-order chi connectivity index (χ1) is 16.6. The van der Waals surface area contributed by atoms with E-state index in [0.717, 1.165) is 61.8 Å². The van der Waals surface area contributed by atoms with Gasteiger partial charge in [-0.3, -0.25) is 4.90 Å². The second-order valence-electron chi connectivity index (χ2n) is 9.02. The summed E-state index contributed by atoms with van der Waals surface area (Å²) in [6, 6.07) is 20.5. The standard InChI is InChI=1S/C29H35ClN2O2/c1-3-4-10-26(32-19-17-31(18-20-32)16-15-22-8-6-5-7-9-22)29(33)24-11-13-25-23(21-24)12-14-27(34-2)28(25)30/h5-9,11-16,21,26,29,33H,3-4,10,17-20H2,1-2H3/b16-15+/t26-,29+/m1/s1. The Hall–Kier alpha value is -2.53. The molecule has 34 heavy (non-hydrogen) atoms. The minimum Gasteiger partial charge on any atom is -0.495 e. The van der Waals surface area contributed by atoms with Crippen LogP contribution in [0, 0.1) is 0 Å². The van der Waals surface area contributed by atoms with Crippen molar-refractivity contribution < 1.29 is 9.84 Å². The quantitative estimate of drug-likeness (QED) is 0.387. The largest absolute Gasteiger partial charge is 0.495 e. The van der Waals surface area contributed by atoms with Crippen molar-refractivity contribution >= 4 is 28.4 Å². The maximum absolute atomic E-state index is 11.5. The van der Waals surface area contributed by atoms with Crippen LogP contribution in [0.15, 0.2) is 66.9 Å². The lowest BCUT2D eigenvalue weighted by Crippen LogP contribution is -2.50. The number of halogens is 1. The number of methoxy groups -OCH3 is 1. The van der Waals surface area contributed by atoms with Crippen LogP contribution in [0.3, 0.4) is 0 Å². The van der Waals surface area contributed by atoms with Crippen LogP contribution < -0.4 is 4.74 Å². The van der Waals surface area contributed by atoms with E-state index in [0.29, 0.717) is 10.8 Å². The number of aliphatic hydroxyl groups is 1. The van der Waals surface area contributed by atoms with E-state index in [1.54, 1.807) is 7.11 Å². The molecular formula is C29H35ClN2O2. The highest BCUT2D eigenvalue weighted by atomic mass is 35.5. The summed E-state index contributed by atoms with van der Waals surface area (Å²) in [7, 11) is 1.63. The number of hydrogen-bond acceptors (Lipinski definition) is 4. The van der Waals surface area contributed by atoms with Crippen molar-refractivity contribution in [2.24, 2.45) is 0 Å². The van der Waals surface area contributed by atoms with E-state index < -0.39 is 6.10 Å². The van der Waals surface area contributed by atoms with Crippen LogP contribution >= 0.6 is 11.6 Å². The Morgan fingerprint density at radius 3 is 2.50 bits per heavy atom. The van der Waals surface area contributed by atoms with Gasteiger partial charge in [0.2, 0.25) is 0 Å². The van der Waals surface area contributed by atoms with Crippen molar-refractivity contribution in [1.82, 2.24) is 9.80 Å². The summed E-state index contributed by atoms with van der Waals surface area (Å²) in [5.41, 5.74) is 2.16. The topological polar surface area (TPSA) is 35.9 Å². The molecule has 1 aliphatic heterocycles. The van der Waals surface area contributed by atoms with Gasteiger partial charge in [-0.25, -0.2) is 0 Å². The molecule has 1 saturated heterocycles. The summed E-state index contributed by atoms with van der Waals surface area (Å²) in [5, 5.41) is 14.1. The van der Waals surface area contributed by atoms with E-state index >= 15 is 0 Å². The second-order valence-corrected chi connectivity index (χ2v) is 9.39. The molecule has 0 spiro atoms. The van der Waals surface area contributed by atoms with Crippen molar-refractivity contribution in [2.75, 3.05) is 33.3 Å². The number of nitrogens with zero attached hydrogens (tertiary/aromatic N) is 2. The summed E-state index contributed by atoms with van der Waals surface area (Å²) in [4.78, 5) is 4.84. The normalized spacial score (nSPS) is 16.8. The van der Waals surface area contributed by atoms with Crippen LogP contribution in [-0.2, 0) is 0 Å². The highest BCUT2D eigenvalue weighted by Crippen LogP contribution is 2.35. The van der Waals surface area contributed by atoms with Gasteiger partial charge in [-0.2, -0.15) is 0 Å². The van der Waals surface area contributed by atoms with E-state index in [1.165, 1.54) is 5.56 Å². The number of benzene rings is 3. The molecule has 0 saturated carbocycles. The van der Waals surface area contributed by atoms with Crippen LogP contribution in [0.1, 0.15) is 43.4 Å². The first-order valence-corrected chi connectivity index (χ1v) is 12.6. The fraction of sp³-hybridized carbons (Fsp3) is 0.379. The first-order valence-electron chi connectivity index (χ1n) is 12.3. The molecule has 1 aliphatic rings. The van der Waals surface area contributed by atoms with Crippen molar-refractivity contribution in [3.8, 4) is 5.75 Å². The highest BCUT2D eigenvalue weighted by Gasteiger charge is 2.29. The van der Waals surface area contributed by atoms with Crippen LogP contribution in [0.25, 0.3) is 16.8 Å². The summed E-state index contributed by atoms with van der Waals surface area (Å²) in [6.07, 6.45) is 7.05. The van der Waals surface area contributed by atoms with Crippen molar-refractivity contribution in [3.05, 3.63) is 83.0 Å². The number of piperazine rings is 1. The van der Waals surface area contributed by atoms with Crippen LogP contribution in [0.2, 0.25) is 5.02 Å². The van der Waals surface area contributed by atoms with Gasteiger partial charge in [0.25, 0.3) is 0 Å². The fourth-order valence-corrected chi connectivity index (χ4v) is 5.09. The minimum atomic E-state index is -0.539. The molecule has 0 bridgehead atoms. The minimum absolute atomic E-state index is 0.103. The van der Waals surface area contributed by atoms with E-state index in [1.807, 2.05) is 30.3 Å². The number of fused-ring (bicyclic) bond motifs is 1. The average Bonchev–Trinajstić information content (AvgIpc) is 2.89. The number of ether oxygens (including phenoxy) is 1. The smallest absolute Gasteiger partial charge is 0.138 e. The Morgan fingerprint density at radius 1 is 1.03 bits per heavy atom. The summed E-state index contributed by atoms with van der Waals surface area (Å²) in [6.45, 7) is 6.03. The zero-order valence-corrected chi connectivity index (χ0v) is 20.9. The lowest BCUT2D eigenvalue weighted by atomic mass is 9.94. The molecule has 1 fully saturated rings. The van der Waals surface area contributed by atoms with Gasteiger partial charge in [0, 0.05) is 37.6 Å². The van der Waals surface area contributed by atoms with Crippen molar-refractivity contribution in [1.29, 1.82) is 0 Å². The SMILES string of the molecule is CCCC[C@H]([C@@H](O)c1ccc2c(Cl)c(OC)ccc2c1)N1CCN(/C=C/c2ccccc2)CC1. The fourth-order valence-electron chi connectivity index (χ4n) is 4.78. The van der Waals surface area contributed by atoms with Gasteiger partial charge < -0.3 is 14.7 Å². The third kappa shape index (κ3) is 5.75.